The van der Waals surface area contributed by atoms with Crippen LogP contribution in [-0.2, 0) is 11.3 Å². The number of anilines is 1. The van der Waals surface area contributed by atoms with Gasteiger partial charge in [-0.05, 0) is 18.2 Å². The highest BCUT2D eigenvalue weighted by Gasteiger charge is 2.37. The number of nitrogens with zero attached hydrogens (tertiary/aromatic N) is 1. The Labute approximate surface area is 129 Å². The summed E-state index contributed by atoms with van der Waals surface area (Å²) in [6.07, 6.45) is 0. The van der Waals surface area contributed by atoms with Gasteiger partial charge in [-0.2, -0.15) is 0 Å². The molecule has 6 heteroatoms. The summed E-state index contributed by atoms with van der Waals surface area (Å²) in [6, 6.07) is 9.20. The summed E-state index contributed by atoms with van der Waals surface area (Å²) in [5.41, 5.74) is 0.764. The monoisotopic (exact) mass is 323 g/mol. The molecule has 21 heavy (non-hydrogen) atoms. The normalized spacial score (nSPS) is 13.8. The van der Waals surface area contributed by atoms with Gasteiger partial charge in [0.1, 0.15) is 5.82 Å². The molecule has 3 rings (SSSR count). The number of ketones is 1. The van der Waals surface area contributed by atoms with Crippen molar-refractivity contribution in [2.45, 2.75) is 6.54 Å². The van der Waals surface area contributed by atoms with Crippen molar-refractivity contribution < 1.29 is 14.0 Å². The standard InChI is InChI=1S/C15H8Cl2FNO2/c16-10-5-1-3-8(12(10)18)7-19-13-9(14(20)15(19)21)4-2-6-11(13)17/h1-6H,7H2. The first-order chi connectivity index (χ1) is 10.0. The van der Waals surface area contributed by atoms with Crippen molar-refractivity contribution in [2.75, 3.05) is 4.90 Å². The first-order valence-electron chi connectivity index (χ1n) is 6.08. The zero-order chi connectivity index (χ0) is 15.1. The van der Waals surface area contributed by atoms with Crippen LogP contribution in [0.25, 0.3) is 0 Å². The molecule has 1 amide bonds. The highest BCUT2D eigenvalue weighted by molar-refractivity contribution is 6.54. The number of halogens is 3. The first kappa shape index (κ1) is 14.0. The molecule has 2 aromatic carbocycles. The van der Waals surface area contributed by atoms with Gasteiger partial charge >= 0.3 is 0 Å². The van der Waals surface area contributed by atoms with Crippen LogP contribution < -0.4 is 4.90 Å². The fraction of sp³-hybridized carbons (Fsp3) is 0.0667. The molecule has 0 fully saturated rings. The van der Waals surface area contributed by atoms with Crippen LogP contribution >= 0.6 is 23.2 Å². The molecule has 0 N–H and O–H groups in total. The highest BCUT2D eigenvalue weighted by atomic mass is 35.5. The molecule has 0 aromatic heterocycles. The van der Waals surface area contributed by atoms with Crippen LogP contribution in [0, 0.1) is 5.82 Å². The summed E-state index contributed by atoms with van der Waals surface area (Å²) in [5.74, 6) is -1.98. The maximum Gasteiger partial charge on any atom is 0.299 e. The molecule has 1 aliphatic rings. The Morgan fingerprint density at radius 3 is 2.43 bits per heavy atom. The third-order valence-electron chi connectivity index (χ3n) is 3.30. The third-order valence-corrected chi connectivity index (χ3v) is 3.90. The fourth-order valence-electron chi connectivity index (χ4n) is 2.30. The van der Waals surface area contributed by atoms with E-state index in [1.807, 2.05) is 0 Å². The quantitative estimate of drug-likeness (QED) is 0.787. The molecule has 106 valence electrons. The molecule has 3 nitrogen and oxygen atoms in total. The number of fused-ring (bicyclic) bond motifs is 1. The van der Waals surface area contributed by atoms with Gasteiger partial charge in [0.2, 0.25) is 0 Å². The van der Waals surface area contributed by atoms with Crippen molar-refractivity contribution in [3.05, 3.63) is 63.4 Å². The maximum absolute atomic E-state index is 14.0. The molecule has 0 aliphatic carbocycles. The van der Waals surface area contributed by atoms with Gasteiger partial charge in [0.05, 0.1) is 27.8 Å². The van der Waals surface area contributed by atoms with Crippen molar-refractivity contribution >= 4 is 40.6 Å². The van der Waals surface area contributed by atoms with Gasteiger partial charge < -0.3 is 0 Å². The summed E-state index contributed by atoms with van der Waals surface area (Å²) in [4.78, 5) is 25.2. The van der Waals surface area contributed by atoms with Crippen LogP contribution in [0.3, 0.4) is 0 Å². The van der Waals surface area contributed by atoms with Gasteiger partial charge in [0, 0.05) is 5.56 Å². The minimum absolute atomic E-state index is 0.0372. The number of hydrogen-bond donors (Lipinski definition) is 0. The lowest BCUT2D eigenvalue weighted by atomic mass is 10.1. The third kappa shape index (κ3) is 2.20. The number of para-hydroxylation sites is 1. The second kappa shape index (κ2) is 5.13. The van der Waals surface area contributed by atoms with Crippen molar-refractivity contribution in [3.63, 3.8) is 0 Å². The van der Waals surface area contributed by atoms with Gasteiger partial charge in [-0.3, -0.25) is 14.5 Å². The molecule has 0 saturated heterocycles. The Bertz CT molecular complexity index is 776. The lowest BCUT2D eigenvalue weighted by Gasteiger charge is -2.18. The zero-order valence-corrected chi connectivity index (χ0v) is 12.1. The molecule has 0 unspecified atom stereocenters. The van der Waals surface area contributed by atoms with Crippen LogP contribution in [0.5, 0.6) is 0 Å². The van der Waals surface area contributed by atoms with E-state index in [0.29, 0.717) is 5.69 Å². The lowest BCUT2D eigenvalue weighted by Crippen LogP contribution is -2.29. The molecular weight excluding hydrogens is 316 g/mol. The van der Waals surface area contributed by atoms with Crippen LogP contribution in [0.15, 0.2) is 36.4 Å². The van der Waals surface area contributed by atoms with Gasteiger partial charge in [-0.25, -0.2) is 4.39 Å². The predicted octanol–water partition coefficient (Wildman–Crippen LogP) is 3.86. The molecule has 1 aliphatic heterocycles. The highest BCUT2D eigenvalue weighted by Crippen LogP contribution is 2.37. The van der Waals surface area contributed by atoms with Gasteiger partial charge in [0.25, 0.3) is 11.7 Å². The van der Waals surface area contributed by atoms with Gasteiger partial charge in [-0.15, -0.1) is 0 Å². The molecule has 0 spiro atoms. The minimum Gasteiger partial charge on any atom is -0.299 e. The van der Waals surface area contributed by atoms with E-state index in [9.17, 15) is 14.0 Å². The molecule has 0 saturated carbocycles. The Hall–Kier alpha value is -1.91. The van der Waals surface area contributed by atoms with Crippen molar-refractivity contribution in [1.29, 1.82) is 0 Å². The van der Waals surface area contributed by atoms with E-state index >= 15 is 0 Å². The zero-order valence-electron chi connectivity index (χ0n) is 10.6. The van der Waals surface area contributed by atoms with Crippen LogP contribution in [0.2, 0.25) is 10.0 Å². The second-order valence-corrected chi connectivity index (χ2v) is 5.38. The van der Waals surface area contributed by atoms with Crippen molar-refractivity contribution in [1.82, 2.24) is 0 Å². The molecule has 0 radical (unpaired) electrons. The summed E-state index contributed by atoms with van der Waals surface area (Å²) in [5, 5.41) is 0.235. The van der Waals surface area contributed by atoms with E-state index in [1.165, 1.54) is 23.1 Å². The number of rotatable bonds is 2. The van der Waals surface area contributed by atoms with E-state index in [0.717, 1.165) is 0 Å². The number of carbonyl (C=O) groups excluding carboxylic acids is 2. The molecule has 2 aromatic rings. The first-order valence-corrected chi connectivity index (χ1v) is 6.84. The average molecular weight is 324 g/mol. The van der Waals surface area contributed by atoms with Crippen LogP contribution in [0.1, 0.15) is 15.9 Å². The molecule has 1 heterocycles. The van der Waals surface area contributed by atoms with E-state index in [4.69, 9.17) is 23.2 Å². The summed E-state index contributed by atoms with van der Waals surface area (Å²) < 4.78 is 14.0. The van der Waals surface area contributed by atoms with Gasteiger partial charge in [-0.1, -0.05) is 41.4 Å². The van der Waals surface area contributed by atoms with Crippen LogP contribution in [-0.4, -0.2) is 11.7 Å². The topological polar surface area (TPSA) is 37.4 Å². The Morgan fingerprint density at radius 2 is 1.67 bits per heavy atom. The summed E-state index contributed by atoms with van der Waals surface area (Å²) in [7, 11) is 0. The van der Waals surface area contributed by atoms with E-state index in [2.05, 4.69) is 0 Å². The minimum atomic E-state index is -0.725. The smallest absolute Gasteiger partial charge is 0.299 e. The number of carbonyl (C=O) groups is 2. The van der Waals surface area contributed by atoms with Crippen molar-refractivity contribution in [2.24, 2.45) is 0 Å². The summed E-state index contributed by atoms with van der Waals surface area (Å²) in [6.45, 7) is -0.103. The van der Waals surface area contributed by atoms with Crippen molar-refractivity contribution in [3.8, 4) is 0 Å². The Morgan fingerprint density at radius 1 is 1.00 bits per heavy atom. The molecule has 0 atom stereocenters. The number of amides is 1. The average Bonchev–Trinajstić information content (AvgIpc) is 2.70. The Balaban J connectivity index is 2.07. The largest absolute Gasteiger partial charge is 0.299 e. The summed E-state index contributed by atoms with van der Waals surface area (Å²) >= 11 is 11.8. The fourth-order valence-corrected chi connectivity index (χ4v) is 2.77. The van der Waals surface area contributed by atoms with E-state index < -0.39 is 17.5 Å². The molecular formula is C15H8Cl2FNO2. The molecule has 0 bridgehead atoms. The van der Waals surface area contributed by atoms with Gasteiger partial charge in [0.15, 0.2) is 0 Å². The maximum atomic E-state index is 14.0. The lowest BCUT2D eigenvalue weighted by molar-refractivity contribution is -0.114. The Kier molecular flexibility index (Phi) is 3.43. The van der Waals surface area contributed by atoms with Crippen LogP contribution in [0.4, 0.5) is 10.1 Å². The van der Waals surface area contributed by atoms with E-state index in [-0.39, 0.29) is 27.7 Å². The number of hydrogen-bond acceptors (Lipinski definition) is 2. The number of Topliss-reactive ketones (excluding diaryl/α,β-unsaturated/α-hetero) is 1. The van der Waals surface area contributed by atoms with E-state index in [1.54, 1.807) is 18.2 Å². The number of benzene rings is 2. The second-order valence-electron chi connectivity index (χ2n) is 4.57. The predicted molar refractivity (Wildman–Crippen MR) is 78.4 cm³/mol. The SMILES string of the molecule is O=C1C(=O)N(Cc2cccc(Cl)c2F)c2c(Cl)cccc21.